The molecule has 3 N–H and O–H groups in total. The molecule has 0 amide bonds. The highest BCUT2D eigenvalue weighted by molar-refractivity contribution is 5.84. The van der Waals surface area contributed by atoms with Gasteiger partial charge in [-0.05, 0) is 31.5 Å². The summed E-state index contributed by atoms with van der Waals surface area (Å²) in [6.45, 7) is 0.825. The zero-order valence-corrected chi connectivity index (χ0v) is 12.3. The number of ketones is 1. The molecule has 116 valence electrons. The van der Waals surface area contributed by atoms with Gasteiger partial charge in [-0.1, -0.05) is 12.1 Å². The van der Waals surface area contributed by atoms with Crippen molar-refractivity contribution in [2.24, 2.45) is 0 Å². The van der Waals surface area contributed by atoms with Crippen LogP contribution >= 0.6 is 0 Å². The quantitative estimate of drug-likeness (QED) is 0.791. The lowest BCUT2D eigenvalue weighted by molar-refractivity contribution is -0.119. The van der Waals surface area contributed by atoms with Crippen LogP contribution in [0.25, 0.3) is 10.9 Å². The standard InChI is InChI=1S/C17H20N2O3/c20-12(9-15-16(21)6-3-7-18-15)8-11-10-19-14-5-2-1-4-13(14)17(11)22/h1-2,4-5,10,15-16,18,21H,3,6-9H2,(H,19,22). The molecule has 1 aliphatic rings. The number of aliphatic hydroxyl groups is 1. The number of para-hydroxylation sites is 1. The van der Waals surface area contributed by atoms with Crippen molar-refractivity contribution in [3.05, 3.63) is 46.2 Å². The molecule has 22 heavy (non-hydrogen) atoms. The molecule has 1 saturated heterocycles. The van der Waals surface area contributed by atoms with E-state index in [0.29, 0.717) is 10.9 Å². The first kappa shape index (κ1) is 14.9. The van der Waals surface area contributed by atoms with E-state index in [1.807, 2.05) is 18.2 Å². The first-order chi connectivity index (χ1) is 10.6. The van der Waals surface area contributed by atoms with Gasteiger partial charge in [0.25, 0.3) is 0 Å². The van der Waals surface area contributed by atoms with Gasteiger partial charge in [0.15, 0.2) is 5.43 Å². The van der Waals surface area contributed by atoms with Gasteiger partial charge in [-0.25, -0.2) is 0 Å². The molecule has 1 aromatic carbocycles. The smallest absolute Gasteiger partial charge is 0.192 e. The van der Waals surface area contributed by atoms with Crippen LogP contribution in [0.15, 0.2) is 35.3 Å². The molecule has 0 bridgehead atoms. The van der Waals surface area contributed by atoms with Gasteiger partial charge in [-0.3, -0.25) is 9.59 Å². The van der Waals surface area contributed by atoms with Crippen molar-refractivity contribution in [2.75, 3.05) is 6.54 Å². The number of pyridine rings is 1. The largest absolute Gasteiger partial charge is 0.391 e. The molecule has 0 saturated carbocycles. The number of hydrogen-bond donors (Lipinski definition) is 3. The van der Waals surface area contributed by atoms with Crippen molar-refractivity contribution in [3.8, 4) is 0 Å². The Kier molecular flexibility index (Phi) is 4.36. The van der Waals surface area contributed by atoms with E-state index in [0.717, 1.165) is 24.9 Å². The molecular weight excluding hydrogens is 280 g/mol. The van der Waals surface area contributed by atoms with E-state index >= 15 is 0 Å². The number of H-pyrrole nitrogens is 1. The summed E-state index contributed by atoms with van der Waals surface area (Å²) >= 11 is 0. The minimum atomic E-state index is -0.479. The molecule has 2 unspecified atom stereocenters. The van der Waals surface area contributed by atoms with Gasteiger partial charge in [-0.15, -0.1) is 0 Å². The summed E-state index contributed by atoms with van der Waals surface area (Å²) in [5, 5.41) is 13.7. The second kappa shape index (κ2) is 6.42. The predicted octanol–water partition coefficient (Wildman–Crippen LogP) is 1.14. The Bertz CT molecular complexity index is 738. The van der Waals surface area contributed by atoms with Crippen LogP contribution in [0.4, 0.5) is 0 Å². The maximum atomic E-state index is 12.4. The Morgan fingerprint density at radius 2 is 2.14 bits per heavy atom. The molecule has 3 rings (SSSR count). The Labute approximate surface area is 128 Å². The van der Waals surface area contributed by atoms with E-state index in [-0.39, 0.29) is 30.1 Å². The number of aromatic amines is 1. The lowest BCUT2D eigenvalue weighted by Gasteiger charge is -2.28. The second-order valence-corrected chi connectivity index (χ2v) is 5.88. The second-order valence-electron chi connectivity index (χ2n) is 5.88. The Balaban J connectivity index is 1.74. The van der Waals surface area contributed by atoms with Gasteiger partial charge >= 0.3 is 0 Å². The average molecular weight is 300 g/mol. The van der Waals surface area contributed by atoms with Gasteiger partial charge in [-0.2, -0.15) is 0 Å². The maximum absolute atomic E-state index is 12.4. The number of Topliss-reactive ketones (excluding diaryl/α,β-unsaturated/α-hetero) is 1. The van der Waals surface area contributed by atoms with Gasteiger partial charge in [0.05, 0.1) is 6.10 Å². The fourth-order valence-corrected chi connectivity index (χ4v) is 3.02. The Morgan fingerprint density at radius 1 is 1.32 bits per heavy atom. The van der Waals surface area contributed by atoms with Crippen LogP contribution in [0.1, 0.15) is 24.8 Å². The SMILES string of the molecule is O=C(Cc1c[nH]c2ccccc2c1=O)CC1NCCCC1O. The van der Waals surface area contributed by atoms with E-state index in [9.17, 15) is 14.7 Å². The summed E-state index contributed by atoms with van der Waals surface area (Å²) in [4.78, 5) is 27.7. The summed E-state index contributed by atoms with van der Waals surface area (Å²) in [6.07, 6.45) is 3.15. The van der Waals surface area contributed by atoms with Crippen molar-refractivity contribution in [2.45, 2.75) is 37.8 Å². The summed E-state index contributed by atoms with van der Waals surface area (Å²) < 4.78 is 0. The molecular formula is C17H20N2O3. The highest BCUT2D eigenvalue weighted by Gasteiger charge is 2.25. The molecule has 2 heterocycles. The molecule has 1 aliphatic heterocycles. The molecule has 2 atom stereocenters. The molecule has 1 aromatic heterocycles. The third-order valence-corrected chi connectivity index (χ3v) is 4.25. The molecule has 0 aliphatic carbocycles. The number of fused-ring (bicyclic) bond motifs is 1. The average Bonchev–Trinajstić information content (AvgIpc) is 2.53. The van der Waals surface area contributed by atoms with Crippen LogP contribution in [0, 0.1) is 0 Å². The number of piperidine rings is 1. The topological polar surface area (TPSA) is 82.2 Å². The third-order valence-electron chi connectivity index (χ3n) is 4.25. The van der Waals surface area contributed by atoms with Gasteiger partial charge in [0.1, 0.15) is 5.78 Å². The van der Waals surface area contributed by atoms with Crippen molar-refractivity contribution >= 4 is 16.7 Å². The molecule has 1 fully saturated rings. The summed E-state index contributed by atoms with van der Waals surface area (Å²) in [7, 11) is 0. The Morgan fingerprint density at radius 3 is 2.95 bits per heavy atom. The number of nitrogens with one attached hydrogen (secondary N) is 2. The lowest BCUT2D eigenvalue weighted by Crippen LogP contribution is -2.46. The first-order valence-electron chi connectivity index (χ1n) is 7.67. The molecule has 5 heteroatoms. The summed E-state index contributed by atoms with van der Waals surface area (Å²) in [5.41, 5.74) is 1.15. The lowest BCUT2D eigenvalue weighted by atomic mass is 9.95. The normalized spacial score (nSPS) is 21.9. The molecule has 0 radical (unpaired) electrons. The number of carbonyl (C=O) groups is 1. The monoisotopic (exact) mass is 300 g/mol. The predicted molar refractivity (Wildman–Crippen MR) is 84.9 cm³/mol. The van der Waals surface area contributed by atoms with Crippen molar-refractivity contribution in [1.29, 1.82) is 0 Å². The first-order valence-corrected chi connectivity index (χ1v) is 7.67. The third kappa shape index (κ3) is 3.10. The fraction of sp³-hybridized carbons (Fsp3) is 0.412. The van der Waals surface area contributed by atoms with Gasteiger partial charge < -0.3 is 15.4 Å². The van der Waals surface area contributed by atoms with Crippen molar-refractivity contribution < 1.29 is 9.90 Å². The van der Waals surface area contributed by atoms with Crippen LogP contribution in [-0.2, 0) is 11.2 Å². The summed E-state index contributed by atoms with van der Waals surface area (Å²) in [6, 6.07) is 7.07. The number of aliphatic hydroxyl groups excluding tert-OH is 1. The molecule has 5 nitrogen and oxygen atoms in total. The minimum absolute atomic E-state index is 0.0285. The number of carbonyl (C=O) groups excluding carboxylic acids is 1. The number of aromatic nitrogens is 1. The van der Waals surface area contributed by atoms with Crippen molar-refractivity contribution in [3.63, 3.8) is 0 Å². The van der Waals surface area contributed by atoms with Crippen LogP contribution in [0.3, 0.4) is 0 Å². The molecule has 0 spiro atoms. The minimum Gasteiger partial charge on any atom is -0.391 e. The van der Waals surface area contributed by atoms with Crippen LogP contribution in [-0.4, -0.2) is 34.6 Å². The van der Waals surface area contributed by atoms with Gasteiger partial charge in [0.2, 0.25) is 0 Å². The Hall–Kier alpha value is -1.98. The number of benzene rings is 1. The van der Waals surface area contributed by atoms with E-state index in [1.165, 1.54) is 0 Å². The highest BCUT2D eigenvalue weighted by Crippen LogP contribution is 2.13. The fourth-order valence-electron chi connectivity index (χ4n) is 3.02. The summed E-state index contributed by atoms with van der Waals surface area (Å²) in [5.74, 6) is -0.0285. The van der Waals surface area contributed by atoms with E-state index in [1.54, 1.807) is 12.3 Å². The maximum Gasteiger partial charge on any atom is 0.192 e. The molecule has 2 aromatic rings. The van der Waals surface area contributed by atoms with Crippen molar-refractivity contribution in [1.82, 2.24) is 10.3 Å². The number of hydrogen-bond acceptors (Lipinski definition) is 4. The highest BCUT2D eigenvalue weighted by atomic mass is 16.3. The van der Waals surface area contributed by atoms with Crippen LogP contribution in [0.2, 0.25) is 0 Å². The van der Waals surface area contributed by atoms with E-state index in [4.69, 9.17) is 0 Å². The van der Waals surface area contributed by atoms with E-state index < -0.39 is 6.10 Å². The van der Waals surface area contributed by atoms with E-state index in [2.05, 4.69) is 10.3 Å². The zero-order chi connectivity index (χ0) is 15.5. The van der Waals surface area contributed by atoms with Crippen LogP contribution in [0.5, 0.6) is 0 Å². The zero-order valence-electron chi connectivity index (χ0n) is 12.3. The number of rotatable bonds is 4. The van der Waals surface area contributed by atoms with Gasteiger partial charge in [0, 0.05) is 41.5 Å². The van der Waals surface area contributed by atoms with Crippen LogP contribution < -0.4 is 10.7 Å².